The first-order valence-corrected chi connectivity index (χ1v) is 11.1. The number of carbonyl (C=O) groups excluding carboxylic acids is 1. The van der Waals surface area contributed by atoms with Crippen LogP contribution in [0.15, 0.2) is 47.4 Å². The van der Waals surface area contributed by atoms with Crippen molar-refractivity contribution in [1.82, 2.24) is 19.0 Å². The van der Waals surface area contributed by atoms with Crippen molar-refractivity contribution in [3.8, 4) is 5.75 Å². The Morgan fingerprint density at radius 3 is 2.75 bits per heavy atom. The molecule has 4 rings (SSSR count). The van der Waals surface area contributed by atoms with E-state index >= 15 is 0 Å². The topological polar surface area (TPSA) is 78.6 Å². The molecule has 32 heavy (non-hydrogen) atoms. The lowest BCUT2D eigenvalue weighted by molar-refractivity contribution is -0.132. The predicted molar refractivity (Wildman–Crippen MR) is 122 cm³/mol. The number of nitrogens with zero attached hydrogens (tertiary/aromatic N) is 4. The zero-order chi connectivity index (χ0) is 22.5. The number of piperidine rings is 1. The number of methoxy groups -OCH3 is 2. The highest BCUT2D eigenvalue weighted by Gasteiger charge is 2.28. The molecular weight excluding hydrogens is 408 g/mol. The second-order valence-corrected chi connectivity index (χ2v) is 8.13. The van der Waals surface area contributed by atoms with Crippen LogP contribution < -0.4 is 10.4 Å². The fourth-order valence-electron chi connectivity index (χ4n) is 4.43. The molecule has 0 bridgehead atoms. The van der Waals surface area contributed by atoms with Crippen LogP contribution in [-0.4, -0.2) is 58.8 Å². The smallest absolute Gasteiger partial charge is 0.330 e. The third-order valence-corrected chi connectivity index (χ3v) is 6.14. The van der Waals surface area contributed by atoms with Gasteiger partial charge in [0, 0.05) is 32.8 Å². The number of fused-ring (bicyclic) bond motifs is 1. The molecule has 1 fully saturated rings. The van der Waals surface area contributed by atoms with Crippen molar-refractivity contribution in [2.45, 2.75) is 38.3 Å². The van der Waals surface area contributed by atoms with E-state index < -0.39 is 0 Å². The van der Waals surface area contributed by atoms with Gasteiger partial charge in [-0.1, -0.05) is 12.1 Å². The highest BCUT2D eigenvalue weighted by atomic mass is 16.5. The molecule has 1 aromatic carbocycles. The Balaban J connectivity index is 1.49. The molecule has 0 spiro atoms. The molecular formula is C24H30N4O4. The highest BCUT2D eigenvalue weighted by molar-refractivity contribution is 5.76. The average molecular weight is 439 g/mol. The highest BCUT2D eigenvalue weighted by Crippen LogP contribution is 2.25. The summed E-state index contributed by atoms with van der Waals surface area (Å²) in [4.78, 5) is 32.6. The number of pyridine rings is 1. The van der Waals surface area contributed by atoms with Gasteiger partial charge in [0.2, 0.25) is 5.91 Å². The molecule has 3 aromatic rings. The number of aryl methyl sites for hydroxylation is 1. The van der Waals surface area contributed by atoms with Gasteiger partial charge in [-0.2, -0.15) is 0 Å². The van der Waals surface area contributed by atoms with E-state index in [0.29, 0.717) is 38.2 Å². The van der Waals surface area contributed by atoms with Gasteiger partial charge in [-0.15, -0.1) is 0 Å². The summed E-state index contributed by atoms with van der Waals surface area (Å²) >= 11 is 0. The Labute approximate surface area is 187 Å². The van der Waals surface area contributed by atoms with Gasteiger partial charge in [-0.25, -0.2) is 9.78 Å². The molecule has 8 nitrogen and oxygen atoms in total. The molecule has 1 aliphatic rings. The maximum atomic E-state index is 13.2. The molecule has 0 radical (unpaired) electrons. The van der Waals surface area contributed by atoms with Crippen molar-refractivity contribution >= 4 is 17.1 Å². The zero-order valence-corrected chi connectivity index (χ0v) is 18.7. The summed E-state index contributed by atoms with van der Waals surface area (Å²) in [6.45, 7) is 2.18. The van der Waals surface area contributed by atoms with Crippen molar-refractivity contribution in [2.75, 3.05) is 33.9 Å². The number of likely N-dealkylation sites (tertiary alicyclic amines) is 1. The maximum Gasteiger partial charge on any atom is 0.330 e. The van der Waals surface area contributed by atoms with E-state index in [2.05, 4.69) is 4.98 Å². The molecule has 1 amide bonds. The fraction of sp³-hybridized carbons (Fsp3) is 0.458. The van der Waals surface area contributed by atoms with Gasteiger partial charge >= 0.3 is 5.69 Å². The van der Waals surface area contributed by atoms with Gasteiger partial charge in [-0.05, 0) is 49.1 Å². The lowest BCUT2D eigenvalue weighted by Crippen LogP contribution is -2.43. The SMILES string of the molecule is COCCn1c(=O)n([C@H]2CCCN(C(=O)CCc3ccc(OC)cc3)C2)c2ncccc21. The van der Waals surface area contributed by atoms with E-state index in [1.54, 1.807) is 29.6 Å². The van der Waals surface area contributed by atoms with E-state index in [1.807, 2.05) is 41.3 Å². The van der Waals surface area contributed by atoms with Crippen molar-refractivity contribution in [3.05, 3.63) is 58.6 Å². The number of benzene rings is 1. The molecule has 1 atom stereocenters. The molecule has 0 N–H and O–H groups in total. The van der Waals surface area contributed by atoms with Crippen LogP contribution in [0.4, 0.5) is 0 Å². The van der Waals surface area contributed by atoms with E-state index in [9.17, 15) is 9.59 Å². The van der Waals surface area contributed by atoms with Crippen LogP contribution in [0.3, 0.4) is 0 Å². The Kier molecular flexibility index (Phi) is 6.90. The van der Waals surface area contributed by atoms with Gasteiger partial charge in [0.25, 0.3) is 0 Å². The molecule has 2 aromatic heterocycles. The summed E-state index contributed by atoms with van der Waals surface area (Å²) in [6.07, 6.45) is 4.55. The number of hydrogen-bond acceptors (Lipinski definition) is 5. The van der Waals surface area contributed by atoms with Crippen LogP contribution in [-0.2, 0) is 22.5 Å². The van der Waals surface area contributed by atoms with Gasteiger partial charge in [-0.3, -0.25) is 13.9 Å². The summed E-state index contributed by atoms with van der Waals surface area (Å²) < 4.78 is 13.9. The molecule has 8 heteroatoms. The minimum absolute atomic E-state index is 0.0811. The van der Waals surface area contributed by atoms with Crippen LogP contribution in [0.2, 0.25) is 0 Å². The van der Waals surface area contributed by atoms with E-state index in [4.69, 9.17) is 9.47 Å². The first kappa shape index (κ1) is 22.1. The lowest BCUT2D eigenvalue weighted by Gasteiger charge is -2.33. The summed E-state index contributed by atoms with van der Waals surface area (Å²) in [5, 5.41) is 0. The maximum absolute atomic E-state index is 13.2. The Morgan fingerprint density at radius 1 is 1.19 bits per heavy atom. The van der Waals surface area contributed by atoms with E-state index in [1.165, 1.54) is 0 Å². The molecule has 0 unspecified atom stereocenters. The average Bonchev–Trinajstić information content (AvgIpc) is 3.12. The van der Waals surface area contributed by atoms with Crippen molar-refractivity contribution in [1.29, 1.82) is 0 Å². The Hall–Kier alpha value is -3.13. The number of imidazole rings is 1. The fourth-order valence-corrected chi connectivity index (χ4v) is 4.43. The normalized spacial score (nSPS) is 16.4. The third-order valence-electron chi connectivity index (χ3n) is 6.14. The quantitative estimate of drug-likeness (QED) is 0.540. The molecule has 3 heterocycles. The number of amides is 1. The monoisotopic (exact) mass is 438 g/mol. The van der Waals surface area contributed by atoms with Crippen molar-refractivity contribution in [2.24, 2.45) is 0 Å². The minimum atomic E-state index is -0.0896. The third kappa shape index (κ3) is 4.55. The van der Waals surface area contributed by atoms with E-state index in [0.717, 1.165) is 36.2 Å². The molecule has 0 saturated carbocycles. The first-order valence-electron chi connectivity index (χ1n) is 11.1. The molecule has 170 valence electrons. The summed E-state index contributed by atoms with van der Waals surface area (Å²) in [5.41, 5.74) is 2.49. The number of aromatic nitrogens is 3. The predicted octanol–water partition coefficient (Wildman–Crippen LogP) is 2.65. The second-order valence-electron chi connectivity index (χ2n) is 8.13. The number of rotatable bonds is 8. The lowest BCUT2D eigenvalue weighted by atomic mass is 10.0. The summed E-state index contributed by atoms with van der Waals surface area (Å²) in [5.74, 6) is 0.928. The van der Waals surface area contributed by atoms with Gasteiger partial charge in [0.15, 0.2) is 5.65 Å². The Bertz CT molecular complexity index is 1120. The Morgan fingerprint density at radius 2 is 2.00 bits per heavy atom. The van der Waals surface area contributed by atoms with Crippen LogP contribution in [0.25, 0.3) is 11.2 Å². The van der Waals surface area contributed by atoms with Crippen molar-refractivity contribution in [3.63, 3.8) is 0 Å². The van der Waals surface area contributed by atoms with Gasteiger partial charge in [0.1, 0.15) is 5.75 Å². The van der Waals surface area contributed by atoms with Crippen LogP contribution in [0, 0.1) is 0 Å². The van der Waals surface area contributed by atoms with Crippen molar-refractivity contribution < 1.29 is 14.3 Å². The summed E-state index contributed by atoms with van der Waals surface area (Å²) in [6, 6.07) is 11.5. The zero-order valence-electron chi connectivity index (χ0n) is 18.7. The number of hydrogen-bond donors (Lipinski definition) is 0. The molecule has 0 aliphatic carbocycles. The standard InChI is InChI=1S/C24H30N4O4/c1-31-16-15-27-21-6-3-13-25-23(21)28(24(27)30)19-5-4-14-26(17-19)22(29)12-9-18-7-10-20(32-2)11-8-18/h3,6-8,10-11,13,19H,4-5,9,12,14-17H2,1-2H3/t19-/m0/s1. The number of ether oxygens (including phenoxy) is 2. The minimum Gasteiger partial charge on any atom is -0.497 e. The van der Waals surface area contributed by atoms with Crippen LogP contribution in [0.1, 0.15) is 30.9 Å². The molecule has 1 aliphatic heterocycles. The molecule has 1 saturated heterocycles. The number of carbonyl (C=O) groups is 1. The van der Waals surface area contributed by atoms with Crippen LogP contribution in [0.5, 0.6) is 5.75 Å². The van der Waals surface area contributed by atoms with E-state index in [-0.39, 0.29) is 17.6 Å². The largest absolute Gasteiger partial charge is 0.497 e. The van der Waals surface area contributed by atoms with Crippen LogP contribution >= 0.6 is 0 Å². The van der Waals surface area contributed by atoms with Gasteiger partial charge < -0.3 is 14.4 Å². The summed E-state index contributed by atoms with van der Waals surface area (Å²) in [7, 11) is 3.26. The first-order chi connectivity index (χ1) is 15.6. The second kappa shape index (κ2) is 9.99. The van der Waals surface area contributed by atoms with Gasteiger partial charge in [0.05, 0.1) is 31.8 Å².